The third kappa shape index (κ3) is 6.23. The summed E-state index contributed by atoms with van der Waals surface area (Å²) in [6, 6.07) is 16.5. The fourth-order valence-electron chi connectivity index (χ4n) is 4.80. The number of nitriles is 1. The van der Waals surface area contributed by atoms with Gasteiger partial charge in [0.05, 0.1) is 38.0 Å². The number of esters is 1. The Kier molecular flexibility index (Phi) is 8.80. The van der Waals surface area contributed by atoms with Crippen molar-refractivity contribution in [3.05, 3.63) is 71.0 Å². The summed E-state index contributed by atoms with van der Waals surface area (Å²) in [5.41, 5.74) is 3.72. The van der Waals surface area contributed by atoms with Crippen molar-refractivity contribution in [2.75, 3.05) is 38.8 Å². The molecule has 0 saturated carbocycles. The van der Waals surface area contributed by atoms with Gasteiger partial charge in [0.1, 0.15) is 17.6 Å². The normalized spacial score (nSPS) is 13.9. The first-order valence-electron chi connectivity index (χ1n) is 12.8. The summed E-state index contributed by atoms with van der Waals surface area (Å²) < 4.78 is 31.1. The maximum atomic E-state index is 14.8. The highest BCUT2D eigenvalue weighted by Crippen LogP contribution is 2.37. The van der Waals surface area contributed by atoms with Gasteiger partial charge < -0.3 is 19.1 Å². The van der Waals surface area contributed by atoms with Crippen molar-refractivity contribution in [3.8, 4) is 28.8 Å². The van der Waals surface area contributed by atoms with E-state index >= 15 is 0 Å². The Balaban J connectivity index is 1.35. The molecule has 198 valence electrons. The van der Waals surface area contributed by atoms with E-state index in [1.165, 1.54) is 17.2 Å². The quantitative estimate of drug-likeness (QED) is 0.240. The Hall–Kier alpha value is -4.12. The topological polar surface area (TPSA) is 84.7 Å². The number of carbonyl (C=O) groups excluding carboxylic acids is 1. The van der Waals surface area contributed by atoms with E-state index in [9.17, 15) is 14.4 Å². The summed E-state index contributed by atoms with van der Waals surface area (Å²) in [5, 5.41) is 9.52. The SMILES string of the molecule is CCOC(=O)C[C@@H]1CCc2cc(OCCCN(C)c3nc(-c4ccc(OC)cc4)c(C#N)cc3F)ccc21. The monoisotopic (exact) mass is 517 g/mol. The van der Waals surface area contributed by atoms with Crippen LogP contribution in [0.2, 0.25) is 0 Å². The van der Waals surface area contributed by atoms with Crippen LogP contribution in [0, 0.1) is 17.1 Å². The third-order valence-corrected chi connectivity index (χ3v) is 6.74. The van der Waals surface area contributed by atoms with Crippen LogP contribution in [0.1, 0.15) is 48.8 Å². The molecule has 1 aliphatic rings. The van der Waals surface area contributed by atoms with E-state index in [-0.39, 0.29) is 23.3 Å². The molecule has 1 aromatic heterocycles. The van der Waals surface area contributed by atoms with Crippen LogP contribution in [0.3, 0.4) is 0 Å². The number of hydrogen-bond donors (Lipinski definition) is 0. The number of methoxy groups -OCH3 is 1. The van der Waals surface area contributed by atoms with E-state index in [1.54, 1.807) is 43.3 Å². The minimum Gasteiger partial charge on any atom is -0.497 e. The van der Waals surface area contributed by atoms with Gasteiger partial charge in [-0.05, 0) is 85.7 Å². The van der Waals surface area contributed by atoms with Gasteiger partial charge in [0.25, 0.3) is 0 Å². The van der Waals surface area contributed by atoms with Crippen molar-refractivity contribution in [2.24, 2.45) is 0 Å². The lowest BCUT2D eigenvalue weighted by atomic mass is 9.98. The van der Waals surface area contributed by atoms with E-state index < -0.39 is 5.82 Å². The lowest BCUT2D eigenvalue weighted by Crippen LogP contribution is -2.23. The van der Waals surface area contributed by atoms with Gasteiger partial charge in [-0.3, -0.25) is 4.79 Å². The van der Waals surface area contributed by atoms with Crippen molar-refractivity contribution in [2.45, 2.75) is 38.5 Å². The molecule has 0 unspecified atom stereocenters. The highest BCUT2D eigenvalue weighted by Gasteiger charge is 2.25. The Bertz CT molecular complexity index is 1320. The van der Waals surface area contributed by atoms with Crippen LogP contribution >= 0.6 is 0 Å². The van der Waals surface area contributed by atoms with Crippen LogP contribution < -0.4 is 14.4 Å². The van der Waals surface area contributed by atoms with Crippen LogP contribution in [0.5, 0.6) is 11.5 Å². The van der Waals surface area contributed by atoms with Gasteiger partial charge in [0, 0.05) is 19.2 Å². The lowest BCUT2D eigenvalue weighted by Gasteiger charge is -2.20. The van der Waals surface area contributed by atoms with Crippen LogP contribution in [-0.4, -0.2) is 44.9 Å². The second-order valence-electron chi connectivity index (χ2n) is 9.26. The van der Waals surface area contributed by atoms with Crippen molar-refractivity contribution in [1.29, 1.82) is 5.26 Å². The first-order valence-corrected chi connectivity index (χ1v) is 12.8. The number of benzene rings is 2. The average Bonchev–Trinajstić information content (AvgIpc) is 3.32. The van der Waals surface area contributed by atoms with Gasteiger partial charge in [-0.1, -0.05) is 6.07 Å². The number of nitrogens with zero attached hydrogens (tertiary/aromatic N) is 3. The first-order chi connectivity index (χ1) is 18.4. The number of aryl methyl sites for hydroxylation is 1. The van der Waals surface area contributed by atoms with E-state index in [0.717, 1.165) is 18.6 Å². The highest BCUT2D eigenvalue weighted by molar-refractivity contribution is 5.71. The zero-order valence-electron chi connectivity index (χ0n) is 22.0. The number of fused-ring (bicyclic) bond motifs is 1. The minimum absolute atomic E-state index is 0.154. The number of rotatable bonds is 11. The van der Waals surface area contributed by atoms with Crippen LogP contribution in [-0.2, 0) is 16.0 Å². The Labute approximate surface area is 222 Å². The molecule has 4 rings (SSSR count). The van der Waals surface area contributed by atoms with Crippen LogP contribution in [0.4, 0.5) is 10.2 Å². The predicted octanol–water partition coefficient (Wildman–Crippen LogP) is 5.66. The van der Waals surface area contributed by atoms with Gasteiger partial charge in [0.15, 0.2) is 11.6 Å². The second-order valence-corrected chi connectivity index (χ2v) is 9.26. The number of halogens is 1. The molecule has 0 aliphatic heterocycles. The molecule has 7 nitrogen and oxygen atoms in total. The van der Waals surface area contributed by atoms with Crippen molar-refractivity contribution < 1.29 is 23.4 Å². The number of anilines is 1. The fraction of sp³-hybridized carbons (Fsp3) is 0.367. The summed E-state index contributed by atoms with van der Waals surface area (Å²) in [4.78, 5) is 18.1. The van der Waals surface area contributed by atoms with Crippen LogP contribution in [0.15, 0.2) is 48.5 Å². The smallest absolute Gasteiger partial charge is 0.306 e. The zero-order chi connectivity index (χ0) is 27.1. The van der Waals surface area contributed by atoms with Crippen molar-refractivity contribution in [1.82, 2.24) is 4.98 Å². The maximum absolute atomic E-state index is 14.8. The molecule has 0 N–H and O–H groups in total. The largest absolute Gasteiger partial charge is 0.497 e. The molecule has 3 aromatic rings. The van der Waals surface area contributed by atoms with Crippen molar-refractivity contribution >= 4 is 11.8 Å². The molecule has 1 aliphatic carbocycles. The molecule has 0 radical (unpaired) electrons. The Morgan fingerprint density at radius 1 is 1.18 bits per heavy atom. The van der Waals surface area contributed by atoms with E-state index in [4.69, 9.17) is 14.2 Å². The summed E-state index contributed by atoms with van der Waals surface area (Å²) >= 11 is 0. The highest BCUT2D eigenvalue weighted by atomic mass is 19.1. The lowest BCUT2D eigenvalue weighted by molar-refractivity contribution is -0.143. The maximum Gasteiger partial charge on any atom is 0.306 e. The Morgan fingerprint density at radius 2 is 1.95 bits per heavy atom. The number of hydrogen-bond acceptors (Lipinski definition) is 7. The molecule has 0 amide bonds. The summed E-state index contributed by atoms with van der Waals surface area (Å²) in [5.74, 6) is 1.15. The standard InChI is InChI=1S/C30H32FN3O4/c1-4-37-28(35)18-22-7-6-21-16-25(12-13-26(21)22)38-15-5-14-34(2)30-27(31)17-23(19-32)29(33-30)20-8-10-24(36-3)11-9-20/h8-13,16-17,22H,4-7,14-15,18H2,1-3H3/t22-/m0/s1. The molecule has 38 heavy (non-hydrogen) atoms. The van der Waals surface area contributed by atoms with Gasteiger partial charge in [-0.15, -0.1) is 0 Å². The van der Waals surface area contributed by atoms with E-state index in [1.807, 2.05) is 31.2 Å². The Morgan fingerprint density at radius 3 is 2.66 bits per heavy atom. The number of pyridine rings is 1. The third-order valence-electron chi connectivity index (χ3n) is 6.74. The van der Waals surface area contributed by atoms with Crippen molar-refractivity contribution in [3.63, 3.8) is 0 Å². The molecule has 2 aromatic carbocycles. The number of ether oxygens (including phenoxy) is 3. The van der Waals surface area contributed by atoms with E-state index in [2.05, 4.69) is 4.98 Å². The molecule has 8 heteroatoms. The van der Waals surface area contributed by atoms with Crippen LogP contribution in [0.25, 0.3) is 11.3 Å². The summed E-state index contributed by atoms with van der Waals surface area (Å²) in [7, 11) is 3.35. The molecule has 0 fully saturated rings. The number of aromatic nitrogens is 1. The second kappa shape index (κ2) is 12.4. The molecular formula is C30H32FN3O4. The first kappa shape index (κ1) is 26.9. The molecule has 0 saturated heterocycles. The molecule has 0 bridgehead atoms. The van der Waals surface area contributed by atoms with Gasteiger partial charge in [-0.2, -0.15) is 5.26 Å². The van der Waals surface area contributed by atoms with E-state index in [0.29, 0.717) is 49.6 Å². The summed E-state index contributed by atoms with van der Waals surface area (Å²) in [6.07, 6.45) is 2.91. The van der Waals surface area contributed by atoms with Gasteiger partial charge in [0.2, 0.25) is 0 Å². The minimum atomic E-state index is -0.543. The number of carbonyl (C=O) groups is 1. The average molecular weight is 518 g/mol. The fourth-order valence-corrected chi connectivity index (χ4v) is 4.80. The molecule has 1 atom stereocenters. The molecule has 0 spiro atoms. The predicted molar refractivity (Wildman–Crippen MR) is 143 cm³/mol. The summed E-state index contributed by atoms with van der Waals surface area (Å²) in [6.45, 7) is 3.19. The molecular weight excluding hydrogens is 485 g/mol. The van der Waals surface area contributed by atoms with Gasteiger partial charge >= 0.3 is 5.97 Å². The molecule has 1 heterocycles. The zero-order valence-corrected chi connectivity index (χ0v) is 22.0. The van der Waals surface area contributed by atoms with Gasteiger partial charge in [-0.25, -0.2) is 9.37 Å².